The third kappa shape index (κ3) is 4.15. The molecule has 21 heavy (non-hydrogen) atoms. The molecule has 0 aromatic carbocycles. The topological polar surface area (TPSA) is 28.2 Å². The largest absolute Gasteiger partial charge is 0.314 e. The average Bonchev–Trinajstić information content (AvgIpc) is 2.36. The van der Waals surface area contributed by atoms with Crippen molar-refractivity contribution in [1.82, 2.24) is 15.2 Å². The van der Waals surface area contributed by atoms with E-state index in [9.17, 15) is 0 Å². The van der Waals surface area contributed by atoms with Crippen molar-refractivity contribution in [3.8, 4) is 0 Å². The van der Waals surface area contributed by atoms with Crippen molar-refractivity contribution in [2.45, 2.75) is 25.3 Å². The molecule has 3 nitrogen and oxygen atoms in total. The summed E-state index contributed by atoms with van der Waals surface area (Å²) >= 11 is 12.8. The third-order valence-electron chi connectivity index (χ3n) is 4.33. The molecule has 1 saturated heterocycles. The number of nitrogens with zero attached hydrogens (tertiary/aromatic N) is 2. The van der Waals surface area contributed by atoms with Gasteiger partial charge in [0, 0.05) is 50.2 Å². The standard InChI is InChI=1S/C14H19Cl2N3.2ClH/c15-11-8-18-9-12(16)13(11)14(10-2-1-3-10)19-6-4-17-5-7-19;;/h8-10,14,17H,1-7H2;2*1H/t14-;;/m1../s1. The van der Waals surface area contributed by atoms with Gasteiger partial charge >= 0.3 is 0 Å². The summed E-state index contributed by atoms with van der Waals surface area (Å²) in [5.41, 5.74) is 1.09. The Balaban J connectivity index is 0.00000110. The molecular formula is C14H21Cl4N3. The fraction of sp³-hybridized carbons (Fsp3) is 0.643. The Bertz CT molecular complexity index is 428. The maximum Gasteiger partial charge on any atom is 0.0652 e. The van der Waals surface area contributed by atoms with E-state index < -0.39 is 0 Å². The quantitative estimate of drug-likeness (QED) is 0.869. The molecule has 0 bridgehead atoms. The molecular weight excluding hydrogens is 352 g/mol. The van der Waals surface area contributed by atoms with Gasteiger partial charge < -0.3 is 5.32 Å². The summed E-state index contributed by atoms with van der Waals surface area (Å²) in [5.74, 6) is 0.690. The summed E-state index contributed by atoms with van der Waals surface area (Å²) in [7, 11) is 0. The maximum absolute atomic E-state index is 6.38. The highest BCUT2D eigenvalue weighted by molar-refractivity contribution is 6.35. The number of piperazine rings is 1. The Morgan fingerprint density at radius 3 is 2.14 bits per heavy atom. The van der Waals surface area contributed by atoms with Gasteiger partial charge in [0.25, 0.3) is 0 Å². The Hall–Kier alpha value is 0.230. The molecule has 1 aromatic heterocycles. The number of rotatable bonds is 3. The van der Waals surface area contributed by atoms with Crippen molar-refractivity contribution in [1.29, 1.82) is 0 Å². The van der Waals surface area contributed by atoms with Gasteiger partial charge in [-0.2, -0.15) is 0 Å². The molecule has 1 atom stereocenters. The predicted molar refractivity (Wildman–Crippen MR) is 93.3 cm³/mol. The highest BCUT2D eigenvalue weighted by atomic mass is 35.5. The summed E-state index contributed by atoms with van der Waals surface area (Å²) in [6.45, 7) is 4.22. The van der Waals surface area contributed by atoms with Crippen LogP contribution in [0.25, 0.3) is 0 Å². The Labute approximate surface area is 148 Å². The molecule has 1 aliphatic heterocycles. The first kappa shape index (κ1) is 19.3. The minimum atomic E-state index is 0. The molecule has 120 valence electrons. The van der Waals surface area contributed by atoms with Gasteiger partial charge in [-0.05, 0) is 18.8 Å². The predicted octanol–water partition coefficient (Wildman–Crippen LogP) is 3.98. The van der Waals surface area contributed by atoms with E-state index in [1.807, 2.05) is 0 Å². The molecule has 2 heterocycles. The van der Waals surface area contributed by atoms with Gasteiger partial charge in [-0.1, -0.05) is 29.6 Å². The summed E-state index contributed by atoms with van der Waals surface area (Å²) in [5, 5.41) is 4.83. The minimum absolute atomic E-state index is 0. The van der Waals surface area contributed by atoms with Crippen molar-refractivity contribution < 1.29 is 0 Å². The lowest BCUT2D eigenvalue weighted by atomic mass is 9.76. The number of hydrogen-bond acceptors (Lipinski definition) is 3. The van der Waals surface area contributed by atoms with Crippen LogP contribution in [0.15, 0.2) is 12.4 Å². The van der Waals surface area contributed by atoms with Crippen LogP contribution in [0.3, 0.4) is 0 Å². The average molecular weight is 373 g/mol. The fourth-order valence-electron chi connectivity index (χ4n) is 3.14. The molecule has 1 N–H and O–H groups in total. The van der Waals surface area contributed by atoms with Crippen molar-refractivity contribution in [2.24, 2.45) is 5.92 Å². The second-order valence-corrected chi connectivity index (χ2v) is 6.25. The summed E-state index contributed by atoms with van der Waals surface area (Å²) in [6, 6.07) is 0.360. The van der Waals surface area contributed by atoms with Gasteiger partial charge in [0.05, 0.1) is 10.0 Å². The summed E-state index contributed by atoms with van der Waals surface area (Å²) < 4.78 is 0. The molecule has 0 radical (unpaired) electrons. The van der Waals surface area contributed by atoms with Crippen LogP contribution in [0.1, 0.15) is 30.9 Å². The number of nitrogens with one attached hydrogen (secondary N) is 1. The van der Waals surface area contributed by atoms with Crippen LogP contribution in [0, 0.1) is 5.92 Å². The van der Waals surface area contributed by atoms with Crippen molar-refractivity contribution in [2.75, 3.05) is 26.2 Å². The van der Waals surface area contributed by atoms with E-state index in [1.54, 1.807) is 12.4 Å². The van der Waals surface area contributed by atoms with Gasteiger partial charge in [-0.3, -0.25) is 9.88 Å². The van der Waals surface area contributed by atoms with Crippen LogP contribution in [-0.4, -0.2) is 36.1 Å². The van der Waals surface area contributed by atoms with E-state index in [0.29, 0.717) is 22.0 Å². The molecule has 2 aliphatic rings. The van der Waals surface area contributed by atoms with Gasteiger partial charge in [-0.25, -0.2) is 0 Å². The van der Waals surface area contributed by atoms with Crippen LogP contribution in [0.4, 0.5) is 0 Å². The first-order chi connectivity index (χ1) is 9.27. The lowest BCUT2D eigenvalue weighted by Gasteiger charge is -2.43. The molecule has 2 fully saturated rings. The van der Waals surface area contributed by atoms with Gasteiger partial charge in [0.1, 0.15) is 0 Å². The first-order valence-electron chi connectivity index (χ1n) is 7.01. The second-order valence-electron chi connectivity index (χ2n) is 5.44. The maximum atomic E-state index is 6.38. The highest BCUT2D eigenvalue weighted by Gasteiger charge is 2.35. The Morgan fingerprint density at radius 2 is 1.67 bits per heavy atom. The summed E-state index contributed by atoms with van der Waals surface area (Å²) in [6.07, 6.45) is 7.33. The van der Waals surface area contributed by atoms with Crippen molar-refractivity contribution >= 4 is 48.0 Å². The smallest absolute Gasteiger partial charge is 0.0652 e. The highest BCUT2D eigenvalue weighted by Crippen LogP contribution is 2.45. The van der Waals surface area contributed by atoms with Crippen LogP contribution < -0.4 is 5.32 Å². The zero-order valence-corrected chi connectivity index (χ0v) is 14.9. The van der Waals surface area contributed by atoms with E-state index in [0.717, 1.165) is 31.7 Å². The zero-order chi connectivity index (χ0) is 13.2. The van der Waals surface area contributed by atoms with Crippen molar-refractivity contribution in [3.63, 3.8) is 0 Å². The molecule has 1 aliphatic carbocycles. The Kier molecular flexibility index (Phi) is 8.04. The SMILES string of the molecule is Cl.Cl.Clc1cncc(Cl)c1[C@@H](C1CCC1)N1CCNCC1. The lowest BCUT2D eigenvalue weighted by Crippen LogP contribution is -2.48. The molecule has 0 spiro atoms. The van der Waals surface area contributed by atoms with Gasteiger partial charge in [0.15, 0.2) is 0 Å². The van der Waals surface area contributed by atoms with E-state index in [-0.39, 0.29) is 24.8 Å². The first-order valence-corrected chi connectivity index (χ1v) is 7.76. The number of pyridine rings is 1. The van der Waals surface area contributed by atoms with E-state index in [2.05, 4.69) is 15.2 Å². The van der Waals surface area contributed by atoms with Crippen LogP contribution >= 0.6 is 48.0 Å². The molecule has 1 saturated carbocycles. The fourth-order valence-corrected chi connectivity index (χ4v) is 3.72. The molecule has 1 aromatic rings. The molecule has 0 unspecified atom stereocenters. The van der Waals surface area contributed by atoms with Crippen LogP contribution in [0.5, 0.6) is 0 Å². The minimum Gasteiger partial charge on any atom is -0.314 e. The number of aromatic nitrogens is 1. The van der Waals surface area contributed by atoms with Gasteiger partial charge in [0.2, 0.25) is 0 Å². The molecule has 7 heteroatoms. The van der Waals surface area contributed by atoms with Crippen LogP contribution in [-0.2, 0) is 0 Å². The lowest BCUT2D eigenvalue weighted by molar-refractivity contribution is 0.0838. The van der Waals surface area contributed by atoms with Crippen LogP contribution in [0.2, 0.25) is 10.0 Å². The summed E-state index contributed by atoms with van der Waals surface area (Å²) in [4.78, 5) is 6.62. The number of hydrogen-bond donors (Lipinski definition) is 1. The van der Waals surface area contributed by atoms with Gasteiger partial charge in [-0.15, -0.1) is 24.8 Å². The third-order valence-corrected chi connectivity index (χ3v) is 4.93. The second kappa shape index (κ2) is 8.76. The zero-order valence-electron chi connectivity index (χ0n) is 11.7. The van der Waals surface area contributed by atoms with Crippen molar-refractivity contribution in [3.05, 3.63) is 28.0 Å². The molecule has 0 amide bonds. The number of halogens is 4. The molecule has 3 rings (SSSR count). The van der Waals surface area contributed by atoms with E-state index in [1.165, 1.54) is 19.3 Å². The van der Waals surface area contributed by atoms with E-state index >= 15 is 0 Å². The Morgan fingerprint density at radius 1 is 1.10 bits per heavy atom. The monoisotopic (exact) mass is 371 g/mol. The normalized spacial score (nSPS) is 20.9. The van der Waals surface area contributed by atoms with E-state index in [4.69, 9.17) is 23.2 Å².